The minimum Gasteiger partial charge on any atom is -0.457 e. The number of aromatic nitrogens is 4. The van der Waals surface area contributed by atoms with E-state index in [2.05, 4.69) is 138 Å². The summed E-state index contributed by atoms with van der Waals surface area (Å²) in [4.78, 5) is 4.75. The molecule has 0 aliphatic heterocycles. The summed E-state index contributed by atoms with van der Waals surface area (Å²) in [6.07, 6.45) is 1.87. The SMILES string of the molecule is Cc1ccnc(-n2c3ccc(C)cc3c3ccc(Oc4cc(-n5nc(C)c(-c6ccccc6)c5C)cc(C(C)(C)C)c4)cc32)c1. The van der Waals surface area contributed by atoms with E-state index >= 15 is 0 Å². The molecule has 0 spiro atoms. The quantitative estimate of drug-likeness (QED) is 0.200. The van der Waals surface area contributed by atoms with Gasteiger partial charge in [-0.15, -0.1) is 0 Å². The van der Waals surface area contributed by atoms with Gasteiger partial charge in [0.2, 0.25) is 0 Å². The zero-order chi connectivity index (χ0) is 31.5. The predicted molar refractivity (Wildman–Crippen MR) is 185 cm³/mol. The molecule has 0 aliphatic carbocycles. The Labute approximate surface area is 264 Å². The Kier molecular flexibility index (Phi) is 6.85. The number of hydrogen-bond acceptors (Lipinski definition) is 3. The van der Waals surface area contributed by atoms with Gasteiger partial charge in [-0.3, -0.25) is 4.57 Å². The molecule has 0 radical (unpaired) electrons. The van der Waals surface area contributed by atoms with Crippen molar-refractivity contribution in [3.63, 3.8) is 0 Å². The molecule has 3 aromatic heterocycles. The zero-order valence-corrected chi connectivity index (χ0v) is 27.0. The standard InChI is InChI=1S/C40H38N4O/c1-25-13-16-36-35(19-25)34-15-14-32(24-37(34)43(36)38-20-26(2)17-18-41-38)45-33-22-30(40(5,6)7)21-31(23-33)44-28(4)39(27(3)42-44)29-11-9-8-10-12-29/h8-24H,1-7H3. The number of hydrogen-bond donors (Lipinski definition) is 0. The van der Waals surface area contributed by atoms with Crippen LogP contribution in [-0.2, 0) is 5.41 Å². The Balaban J connectivity index is 1.36. The fraction of sp³-hybridized carbons (Fsp3) is 0.200. The zero-order valence-electron chi connectivity index (χ0n) is 27.0. The van der Waals surface area contributed by atoms with Crippen LogP contribution in [0.1, 0.15) is 48.8 Å². The van der Waals surface area contributed by atoms with E-state index in [1.165, 1.54) is 33.0 Å². The molecule has 7 aromatic rings. The van der Waals surface area contributed by atoms with E-state index in [4.69, 9.17) is 14.8 Å². The van der Waals surface area contributed by atoms with Gasteiger partial charge in [-0.05, 0) is 98.3 Å². The third-order valence-corrected chi connectivity index (χ3v) is 8.61. The first-order chi connectivity index (χ1) is 21.6. The van der Waals surface area contributed by atoms with Crippen molar-refractivity contribution >= 4 is 21.8 Å². The predicted octanol–water partition coefficient (Wildman–Crippen LogP) is 10.4. The molecule has 4 aromatic carbocycles. The van der Waals surface area contributed by atoms with Crippen LogP contribution in [0.3, 0.4) is 0 Å². The van der Waals surface area contributed by atoms with E-state index in [1.54, 1.807) is 0 Å². The van der Waals surface area contributed by atoms with Gasteiger partial charge >= 0.3 is 0 Å². The average Bonchev–Trinajstić information content (AvgIpc) is 3.49. The van der Waals surface area contributed by atoms with Crippen molar-refractivity contribution in [2.45, 2.75) is 53.9 Å². The van der Waals surface area contributed by atoms with Gasteiger partial charge in [0.15, 0.2) is 0 Å². The minimum absolute atomic E-state index is 0.0858. The smallest absolute Gasteiger partial charge is 0.137 e. The normalized spacial score (nSPS) is 11.9. The molecule has 7 rings (SSSR count). The van der Waals surface area contributed by atoms with Gasteiger partial charge in [-0.1, -0.05) is 62.7 Å². The first-order valence-corrected chi connectivity index (χ1v) is 15.5. The molecule has 224 valence electrons. The third kappa shape index (κ3) is 5.18. The van der Waals surface area contributed by atoms with E-state index in [-0.39, 0.29) is 5.41 Å². The summed E-state index contributed by atoms with van der Waals surface area (Å²) in [7, 11) is 0. The maximum Gasteiger partial charge on any atom is 0.137 e. The third-order valence-electron chi connectivity index (χ3n) is 8.61. The van der Waals surface area contributed by atoms with Crippen molar-refractivity contribution in [2.24, 2.45) is 0 Å². The van der Waals surface area contributed by atoms with Gasteiger partial charge < -0.3 is 4.74 Å². The molecule has 0 unspecified atom stereocenters. The molecular weight excluding hydrogens is 552 g/mol. The van der Waals surface area contributed by atoms with Crippen molar-refractivity contribution in [3.8, 4) is 34.1 Å². The fourth-order valence-corrected chi connectivity index (χ4v) is 6.32. The first-order valence-electron chi connectivity index (χ1n) is 15.5. The van der Waals surface area contributed by atoms with Crippen molar-refractivity contribution < 1.29 is 4.74 Å². The average molecular weight is 591 g/mol. The van der Waals surface area contributed by atoms with Gasteiger partial charge in [-0.25, -0.2) is 9.67 Å². The number of benzene rings is 4. The van der Waals surface area contributed by atoms with Crippen molar-refractivity contribution in [3.05, 3.63) is 131 Å². The Morgan fingerprint density at radius 2 is 1.44 bits per heavy atom. The highest BCUT2D eigenvalue weighted by Crippen LogP contribution is 2.38. The van der Waals surface area contributed by atoms with Crippen LogP contribution in [0.4, 0.5) is 0 Å². The van der Waals surface area contributed by atoms with Gasteiger partial charge in [0.1, 0.15) is 17.3 Å². The van der Waals surface area contributed by atoms with Crippen LogP contribution in [0.25, 0.3) is 44.4 Å². The van der Waals surface area contributed by atoms with Crippen molar-refractivity contribution in [1.29, 1.82) is 0 Å². The molecule has 0 atom stereocenters. The lowest BCUT2D eigenvalue weighted by Crippen LogP contribution is -2.12. The number of ether oxygens (including phenoxy) is 1. The van der Waals surface area contributed by atoms with E-state index in [0.717, 1.165) is 51.0 Å². The van der Waals surface area contributed by atoms with E-state index in [0.29, 0.717) is 0 Å². The summed E-state index contributed by atoms with van der Waals surface area (Å²) in [5.41, 5.74) is 11.1. The van der Waals surface area contributed by atoms with Crippen LogP contribution in [-0.4, -0.2) is 19.3 Å². The molecule has 0 bridgehead atoms. The molecule has 5 nitrogen and oxygen atoms in total. The van der Waals surface area contributed by atoms with Gasteiger partial charge in [0, 0.05) is 40.4 Å². The molecule has 45 heavy (non-hydrogen) atoms. The Hall–Kier alpha value is -5.16. The highest BCUT2D eigenvalue weighted by atomic mass is 16.5. The molecule has 0 N–H and O–H groups in total. The molecule has 3 heterocycles. The number of pyridine rings is 1. The van der Waals surface area contributed by atoms with E-state index < -0.39 is 0 Å². The second-order valence-corrected chi connectivity index (χ2v) is 13.1. The number of aryl methyl sites for hydroxylation is 3. The van der Waals surface area contributed by atoms with Gasteiger partial charge in [-0.2, -0.15) is 5.10 Å². The van der Waals surface area contributed by atoms with Gasteiger partial charge in [0.25, 0.3) is 0 Å². The largest absolute Gasteiger partial charge is 0.457 e. The summed E-state index contributed by atoms with van der Waals surface area (Å²) in [6.45, 7) is 15.1. The Morgan fingerprint density at radius 1 is 0.667 bits per heavy atom. The maximum absolute atomic E-state index is 6.71. The van der Waals surface area contributed by atoms with Crippen LogP contribution in [0, 0.1) is 27.7 Å². The summed E-state index contributed by atoms with van der Waals surface area (Å²) in [5.74, 6) is 2.44. The summed E-state index contributed by atoms with van der Waals surface area (Å²) >= 11 is 0. The monoisotopic (exact) mass is 590 g/mol. The van der Waals surface area contributed by atoms with Crippen LogP contribution < -0.4 is 4.74 Å². The van der Waals surface area contributed by atoms with Crippen LogP contribution >= 0.6 is 0 Å². The summed E-state index contributed by atoms with van der Waals surface area (Å²) < 4.78 is 11.0. The highest BCUT2D eigenvalue weighted by Gasteiger charge is 2.21. The van der Waals surface area contributed by atoms with E-state index in [9.17, 15) is 0 Å². The Morgan fingerprint density at radius 3 is 2.20 bits per heavy atom. The molecule has 0 fully saturated rings. The van der Waals surface area contributed by atoms with Gasteiger partial charge in [0.05, 0.1) is 22.4 Å². The van der Waals surface area contributed by atoms with E-state index in [1.807, 2.05) is 23.0 Å². The minimum atomic E-state index is -0.0858. The Bertz CT molecular complexity index is 2210. The lowest BCUT2D eigenvalue weighted by Gasteiger charge is -2.22. The summed E-state index contributed by atoms with van der Waals surface area (Å²) in [6, 6.07) is 34.1. The van der Waals surface area contributed by atoms with Crippen molar-refractivity contribution in [2.75, 3.05) is 0 Å². The molecule has 0 amide bonds. The molecule has 0 aliphatic rings. The van der Waals surface area contributed by atoms with Crippen LogP contribution in [0.5, 0.6) is 11.5 Å². The lowest BCUT2D eigenvalue weighted by atomic mass is 9.86. The number of rotatable bonds is 5. The fourth-order valence-electron chi connectivity index (χ4n) is 6.32. The lowest BCUT2D eigenvalue weighted by molar-refractivity contribution is 0.478. The second-order valence-electron chi connectivity index (χ2n) is 13.1. The first kappa shape index (κ1) is 28.6. The maximum atomic E-state index is 6.71. The van der Waals surface area contributed by atoms with Crippen LogP contribution in [0.2, 0.25) is 0 Å². The highest BCUT2D eigenvalue weighted by molar-refractivity contribution is 6.09. The molecular formula is C40H38N4O. The molecule has 0 saturated heterocycles. The topological polar surface area (TPSA) is 44.9 Å². The number of nitrogens with zero attached hydrogens (tertiary/aromatic N) is 4. The molecule has 0 saturated carbocycles. The van der Waals surface area contributed by atoms with Crippen molar-refractivity contribution in [1.82, 2.24) is 19.3 Å². The summed E-state index contributed by atoms with van der Waals surface area (Å²) in [5, 5.41) is 7.38. The molecule has 5 heteroatoms. The second kappa shape index (κ2) is 10.8. The number of fused-ring (bicyclic) bond motifs is 3. The van der Waals surface area contributed by atoms with Crippen LogP contribution in [0.15, 0.2) is 103 Å².